The van der Waals surface area contributed by atoms with Crippen LogP contribution in [0.4, 0.5) is 0 Å². The number of nitrogens with zero attached hydrogens (tertiary/aromatic N) is 3. The highest BCUT2D eigenvalue weighted by Crippen LogP contribution is 2.12. The van der Waals surface area contributed by atoms with Crippen molar-refractivity contribution in [1.29, 1.82) is 0 Å². The maximum absolute atomic E-state index is 4.76. The molecule has 1 N–H and O–H groups in total. The average molecular weight is 296 g/mol. The topological polar surface area (TPSA) is 40.5 Å². The Hall–Kier alpha value is -2.10. The van der Waals surface area contributed by atoms with Crippen molar-refractivity contribution in [3.63, 3.8) is 0 Å². The molecule has 22 heavy (non-hydrogen) atoms. The van der Waals surface area contributed by atoms with Crippen LogP contribution in [-0.4, -0.2) is 42.0 Å². The number of rotatable bonds is 4. The lowest BCUT2D eigenvalue weighted by Gasteiger charge is -2.20. The van der Waals surface area contributed by atoms with Gasteiger partial charge in [-0.15, -0.1) is 0 Å². The molecule has 1 aromatic heterocycles. The Balaban J connectivity index is 1.65. The van der Waals surface area contributed by atoms with Crippen LogP contribution in [0.15, 0.2) is 41.4 Å². The lowest BCUT2D eigenvalue weighted by molar-refractivity contribution is 0.494. The zero-order valence-electron chi connectivity index (χ0n) is 13.3. The minimum atomic E-state index is 0.782. The molecule has 2 aromatic rings. The highest BCUT2D eigenvalue weighted by Gasteiger charge is 2.15. The summed E-state index contributed by atoms with van der Waals surface area (Å²) < 4.78 is 0. The van der Waals surface area contributed by atoms with E-state index < -0.39 is 0 Å². The molecule has 1 aliphatic rings. The Labute approximate surface area is 132 Å². The summed E-state index contributed by atoms with van der Waals surface area (Å²) in [6.07, 6.45) is 3.43. The van der Waals surface area contributed by atoms with Crippen molar-refractivity contribution in [3.8, 4) is 0 Å². The molecule has 0 saturated carbocycles. The van der Waals surface area contributed by atoms with Gasteiger partial charge in [-0.05, 0) is 31.9 Å². The quantitative estimate of drug-likeness (QED) is 0.697. The Kier molecular flexibility index (Phi) is 4.88. The van der Waals surface area contributed by atoms with E-state index in [0.29, 0.717) is 0 Å². The number of aliphatic imine (C=N–C) groups is 1. The number of hydrogen-bond donors (Lipinski definition) is 1. The van der Waals surface area contributed by atoms with E-state index in [4.69, 9.17) is 9.98 Å². The number of pyridine rings is 1. The minimum absolute atomic E-state index is 0.782. The zero-order chi connectivity index (χ0) is 15.2. The Morgan fingerprint density at radius 1 is 1.18 bits per heavy atom. The van der Waals surface area contributed by atoms with E-state index in [-0.39, 0.29) is 0 Å². The maximum atomic E-state index is 4.76. The Bertz CT molecular complexity index is 644. The van der Waals surface area contributed by atoms with E-state index in [1.54, 1.807) is 0 Å². The second-order valence-corrected chi connectivity index (χ2v) is 5.68. The maximum Gasteiger partial charge on any atom is 0.193 e. The number of likely N-dealkylation sites (tertiary alicyclic amines) is 1. The van der Waals surface area contributed by atoms with Crippen molar-refractivity contribution in [2.45, 2.75) is 26.2 Å². The summed E-state index contributed by atoms with van der Waals surface area (Å²) in [6.45, 7) is 6.07. The third-order valence-electron chi connectivity index (χ3n) is 4.03. The molecule has 0 amide bonds. The highest BCUT2D eigenvalue weighted by molar-refractivity contribution is 5.80. The van der Waals surface area contributed by atoms with E-state index >= 15 is 0 Å². The Morgan fingerprint density at radius 2 is 2.00 bits per heavy atom. The monoisotopic (exact) mass is 296 g/mol. The van der Waals surface area contributed by atoms with Crippen LogP contribution in [0, 0.1) is 0 Å². The minimum Gasteiger partial charge on any atom is -0.357 e. The van der Waals surface area contributed by atoms with E-state index in [9.17, 15) is 0 Å². The molecule has 4 nitrogen and oxygen atoms in total. The van der Waals surface area contributed by atoms with Gasteiger partial charge < -0.3 is 10.2 Å². The first kappa shape index (κ1) is 14.8. The van der Waals surface area contributed by atoms with Crippen molar-refractivity contribution in [1.82, 2.24) is 15.2 Å². The second kappa shape index (κ2) is 7.25. The molecule has 2 heterocycles. The first-order valence-corrected chi connectivity index (χ1v) is 8.25. The molecule has 1 aromatic carbocycles. The molecule has 0 aliphatic carbocycles. The van der Waals surface area contributed by atoms with Crippen LogP contribution in [0.25, 0.3) is 10.9 Å². The van der Waals surface area contributed by atoms with Crippen molar-refractivity contribution in [3.05, 3.63) is 42.1 Å². The fourth-order valence-electron chi connectivity index (χ4n) is 2.88. The van der Waals surface area contributed by atoms with Gasteiger partial charge in [-0.25, -0.2) is 0 Å². The number of nitrogens with one attached hydrogen (secondary N) is 1. The molecular weight excluding hydrogens is 272 g/mol. The average Bonchev–Trinajstić information content (AvgIpc) is 3.08. The molecule has 116 valence electrons. The fourth-order valence-corrected chi connectivity index (χ4v) is 2.88. The number of hydrogen-bond acceptors (Lipinski definition) is 2. The molecule has 0 atom stereocenters. The smallest absolute Gasteiger partial charge is 0.193 e. The molecule has 4 heteroatoms. The summed E-state index contributed by atoms with van der Waals surface area (Å²) in [7, 11) is 0. The normalized spacial score (nSPS) is 15.5. The van der Waals surface area contributed by atoms with Gasteiger partial charge >= 0.3 is 0 Å². The van der Waals surface area contributed by atoms with Crippen LogP contribution >= 0.6 is 0 Å². The predicted octanol–water partition coefficient (Wildman–Crippen LogP) is 2.84. The highest BCUT2D eigenvalue weighted by atomic mass is 15.3. The summed E-state index contributed by atoms with van der Waals surface area (Å²) in [4.78, 5) is 11.8. The van der Waals surface area contributed by atoms with Gasteiger partial charge in [-0.3, -0.25) is 9.98 Å². The molecule has 0 radical (unpaired) electrons. The van der Waals surface area contributed by atoms with E-state index in [2.05, 4.69) is 41.4 Å². The van der Waals surface area contributed by atoms with Gasteiger partial charge in [0.05, 0.1) is 5.52 Å². The summed E-state index contributed by atoms with van der Waals surface area (Å²) in [5.41, 5.74) is 2.18. The lowest BCUT2D eigenvalue weighted by Crippen LogP contribution is -2.39. The van der Waals surface area contributed by atoms with Crippen LogP contribution in [0.5, 0.6) is 0 Å². The zero-order valence-corrected chi connectivity index (χ0v) is 13.3. The number of benzene rings is 1. The molecule has 1 saturated heterocycles. The van der Waals surface area contributed by atoms with Gasteiger partial charge in [0.25, 0.3) is 0 Å². The largest absolute Gasteiger partial charge is 0.357 e. The third kappa shape index (κ3) is 3.56. The summed E-state index contributed by atoms with van der Waals surface area (Å²) in [5.74, 6) is 1.06. The van der Waals surface area contributed by atoms with Gasteiger partial charge in [0.2, 0.25) is 0 Å². The fraction of sp³-hybridized carbons (Fsp3) is 0.444. The van der Waals surface area contributed by atoms with Gasteiger partial charge in [0, 0.05) is 43.7 Å². The van der Waals surface area contributed by atoms with Crippen LogP contribution in [0.3, 0.4) is 0 Å². The van der Waals surface area contributed by atoms with Gasteiger partial charge in [0.15, 0.2) is 5.96 Å². The van der Waals surface area contributed by atoms with Gasteiger partial charge in [-0.1, -0.05) is 24.3 Å². The Morgan fingerprint density at radius 3 is 2.82 bits per heavy atom. The molecule has 1 aliphatic heterocycles. The molecule has 1 fully saturated rings. The molecular formula is C18H24N4. The number of aromatic nitrogens is 1. The van der Waals surface area contributed by atoms with Gasteiger partial charge in [-0.2, -0.15) is 0 Å². The van der Waals surface area contributed by atoms with E-state index in [1.165, 1.54) is 18.2 Å². The second-order valence-electron chi connectivity index (χ2n) is 5.68. The third-order valence-corrected chi connectivity index (χ3v) is 4.03. The van der Waals surface area contributed by atoms with E-state index in [0.717, 1.165) is 49.8 Å². The first-order chi connectivity index (χ1) is 10.9. The SMILES string of the molecule is CCNC(=NCCc1ccc2ccccc2n1)N1CCCC1. The number of para-hydroxylation sites is 1. The van der Waals surface area contributed by atoms with Crippen LogP contribution in [0.2, 0.25) is 0 Å². The number of guanidine groups is 1. The van der Waals surface area contributed by atoms with Crippen molar-refractivity contribution < 1.29 is 0 Å². The molecule has 0 unspecified atom stereocenters. The van der Waals surface area contributed by atoms with Crippen molar-refractivity contribution in [2.24, 2.45) is 4.99 Å². The molecule has 0 bridgehead atoms. The van der Waals surface area contributed by atoms with E-state index in [1.807, 2.05) is 12.1 Å². The first-order valence-electron chi connectivity index (χ1n) is 8.25. The van der Waals surface area contributed by atoms with Crippen molar-refractivity contribution >= 4 is 16.9 Å². The summed E-state index contributed by atoms with van der Waals surface area (Å²) >= 11 is 0. The predicted molar refractivity (Wildman–Crippen MR) is 92.2 cm³/mol. The van der Waals surface area contributed by atoms with Crippen molar-refractivity contribution in [2.75, 3.05) is 26.2 Å². The standard InChI is InChI=1S/C18H24N4/c1-2-19-18(22-13-5-6-14-22)20-12-11-16-10-9-15-7-3-4-8-17(15)21-16/h3-4,7-10H,2,5-6,11-14H2,1H3,(H,19,20). The van der Waals surface area contributed by atoms with Crippen LogP contribution in [-0.2, 0) is 6.42 Å². The van der Waals surface area contributed by atoms with Crippen LogP contribution in [0.1, 0.15) is 25.5 Å². The lowest BCUT2D eigenvalue weighted by atomic mass is 10.2. The van der Waals surface area contributed by atoms with Gasteiger partial charge in [0.1, 0.15) is 0 Å². The molecule has 0 spiro atoms. The van der Waals surface area contributed by atoms with Crippen LogP contribution < -0.4 is 5.32 Å². The summed E-state index contributed by atoms with van der Waals surface area (Å²) in [6, 6.07) is 12.5. The molecule has 3 rings (SSSR count). The summed E-state index contributed by atoms with van der Waals surface area (Å²) in [5, 5.41) is 4.59. The number of fused-ring (bicyclic) bond motifs is 1.